The first-order valence-electron chi connectivity index (χ1n) is 8.42. The van der Waals surface area contributed by atoms with E-state index in [0.29, 0.717) is 16.7 Å². The van der Waals surface area contributed by atoms with Crippen LogP contribution in [0.15, 0.2) is 72.8 Å². The maximum atomic E-state index is 14.4. The van der Waals surface area contributed by atoms with Gasteiger partial charge in [0.15, 0.2) is 0 Å². The van der Waals surface area contributed by atoms with Crippen molar-refractivity contribution in [2.24, 2.45) is 0 Å². The summed E-state index contributed by atoms with van der Waals surface area (Å²) in [6, 6.07) is 20.0. The van der Waals surface area contributed by atoms with Crippen molar-refractivity contribution < 1.29 is 23.8 Å². The Labute approximate surface area is 160 Å². The molecule has 0 fully saturated rings. The van der Waals surface area contributed by atoms with E-state index in [2.05, 4.69) is 4.84 Å². The molecular formula is C21H16FNO5. The Morgan fingerprint density at radius 1 is 0.964 bits per heavy atom. The minimum Gasteiger partial charge on any atom is -0.426 e. The van der Waals surface area contributed by atoms with E-state index in [1.54, 1.807) is 30.3 Å². The van der Waals surface area contributed by atoms with Gasteiger partial charge in [-0.1, -0.05) is 54.6 Å². The predicted molar refractivity (Wildman–Crippen MR) is 99.4 cm³/mol. The summed E-state index contributed by atoms with van der Waals surface area (Å²) in [6.07, 6.45) is -0.110. The highest BCUT2D eigenvalue weighted by Crippen LogP contribution is 2.24. The summed E-state index contributed by atoms with van der Waals surface area (Å²) in [4.78, 5) is 26.7. The van der Waals surface area contributed by atoms with Crippen LogP contribution in [0.25, 0.3) is 11.1 Å². The van der Waals surface area contributed by atoms with E-state index < -0.39 is 16.9 Å². The normalized spacial score (nSPS) is 10.3. The molecule has 7 heteroatoms. The highest BCUT2D eigenvalue weighted by Gasteiger charge is 2.11. The standard InChI is InChI=1S/C21H16FNO5/c22-20-12-15(9-10-19(20)17-6-2-1-3-7-17)13-21(24)28-18-8-4-5-16(11-18)14-27-23(25)26/h1-12H,13-14H2. The molecular weight excluding hydrogens is 365 g/mol. The van der Waals surface area contributed by atoms with Crippen molar-refractivity contribution in [2.45, 2.75) is 13.0 Å². The third-order valence-corrected chi connectivity index (χ3v) is 3.93. The van der Waals surface area contributed by atoms with Crippen molar-refractivity contribution in [1.29, 1.82) is 0 Å². The van der Waals surface area contributed by atoms with Crippen LogP contribution in [0.2, 0.25) is 0 Å². The average molecular weight is 381 g/mol. The van der Waals surface area contributed by atoms with Crippen LogP contribution in [-0.2, 0) is 22.7 Å². The maximum Gasteiger partial charge on any atom is 0.315 e. The number of nitrogens with zero attached hydrogens (tertiary/aromatic N) is 1. The summed E-state index contributed by atoms with van der Waals surface area (Å²) >= 11 is 0. The first kappa shape index (κ1) is 19.0. The topological polar surface area (TPSA) is 78.7 Å². The van der Waals surface area contributed by atoms with Gasteiger partial charge in [-0.15, -0.1) is 10.1 Å². The Morgan fingerprint density at radius 3 is 2.46 bits per heavy atom. The zero-order chi connectivity index (χ0) is 19.9. The molecule has 0 amide bonds. The van der Waals surface area contributed by atoms with Gasteiger partial charge in [0, 0.05) is 5.56 Å². The molecule has 0 saturated carbocycles. The minimum atomic E-state index is -0.896. The SMILES string of the molecule is O=C(Cc1ccc(-c2ccccc2)c(F)c1)Oc1cccc(CO[N+](=O)[O-])c1. The lowest BCUT2D eigenvalue weighted by molar-refractivity contribution is -0.763. The van der Waals surface area contributed by atoms with E-state index in [1.165, 1.54) is 12.1 Å². The van der Waals surface area contributed by atoms with Gasteiger partial charge >= 0.3 is 5.97 Å². The van der Waals surface area contributed by atoms with Gasteiger partial charge in [0.05, 0.1) is 6.42 Å². The summed E-state index contributed by atoms with van der Waals surface area (Å²) in [5, 5.41) is 9.35. The third kappa shape index (κ3) is 5.14. The minimum absolute atomic E-state index is 0.110. The van der Waals surface area contributed by atoms with Crippen LogP contribution in [0.3, 0.4) is 0 Å². The molecule has 0 heterocycles. The lowest BCUT2D eigenvalue weighted by Crippen LogP contribution is -2.11. The molecule has 3 aromatic rings. The van der Waals surface area contributed by atoms with E-state index >= 15 is 0 Å². The summed E-state index contributed by atoms with van der Waals surface area (Å²) in [5.41, 5.74) is 2.18. The van der Waals surface area contributed by atoms with Crippen LogP contribution in [0.4, 0.5) is 4.39 Å². The molecule has 0 aromatic heterocycles. The number of rotatable bonds is 7. The summed E-state index contributed by atoms with van der Waals surface area (Å²) < 4.78 is 19.6. The van der Waals surface area contributed by atoms with E-state index in [9.17, 15) is 19.3 Å². The molecule has 0 saturated heterocycles. The molecule has 3 rings (SSSR count). The third-order valence-electron chi connectivity index (χ3n) is 3.93. The number of hydrogen-bond donors (Lipinski definition) is 0. The molecule has 0 radical (unpaired) electrons. The van der Waals surface area contributed by atoms with Gasteiger partial charge in [-0.2, -0.15) is 0 Å². The molecule has 0 aliphatic rings. The Kier molecular flexibility index (Phi) is 5.96. The second-order valence-corrected chi connectivity index (χ2v) is 5.98. The summed E-state index contributed by atoms with van der Waals surface area (Å²) in [5.74, 6) is -0.759. The molecule has 6 nitrogen and oxygen atoms in total. The monoisotopic (exact) mass is 381 g/mol. The fourth-order valence-corrected chi connectivity index (χ4v) is 2.68. The van der Waals surface area contributed by atoms with Gasteiger partial charge in [-0.3, -0.25) is 4.79 Å². The number of halogens is 1. The Morgan fingerprint density at radius 2 is 1.75 bits per heavy atom. The molecule has 0 unspecified atom stereocenters. The molecule has 0 bridgehead atoms. The molecule has 3 aromatic carbocycles. The van der Waals surface area contributed by atoms with Gasteiger partial charge < -0.3 is 9.57 Å². The number of carbonyl (C=O) groups is 1. The van der Waals surface area contributed by atoms with Crippen LogP contribution < -0.4 is 4.74 Å². The molecule has 0 N–H and O–H groups in total. The number of carbonyl (C=O) groups excluding carboxylic acids is 1. The molecule has 0 atom stereocenters. The lowest BCUT2D eigenvalue weighted by Gasteiger charge is -2.08. The van der Waals surface area contributed by atoms with Crippen molar-refractivity contribution in [2.75, 3.05) is 0 Å². The van der Waals surface area contributed by atoms with Gasteiger partial charge in [-0.25, -0.2) is 4.39 Å². The Balaban J connectivity index is 1.64. The van der Waals surface area contributed by atoms with E-state index in [-0.39, 0.29) is 18.8 Å². The van der Waals surface area contributed by atoms with Gasteiger partial charge in [0.25, 0.3) is 5.09 Å². The lowest BCUT2D eigenvalue weighted by atomic mass is 10.0. The molecule has 0 spiro atoms. The van der Waals surface area contributed by atoms with Crippen molar-refractivity contribution in [3.8, 4) is 16.9 Å². The Hall–Kier alpha value is -3.74. The van der Waals surface area contributed by atoms with Gasteiger partial charge in [0.1, 0.15) is 18.2 Å². The summed E-state index contributed by atoms with van der Waals surface area (Å²) in [6.45, 7) is -0.245. The quantitative estimate of drug-likeness (QED) is 0.263. The second kappa shape index (κ2) is 8.77. The zero-order valence-corrected chi connectivity index (χ0v) is 14.7. The predicted octanol–water partition coefficient (Wildman–Crippen LogP) is 4.35. The molecule has 0 aliphatic heterocycles. The summed E-state index contributed by atoms with van der Waals surface area (Å²) in [7, 11) is 0. The van der Waals surface area contributed by atoms with Crippen LogP contribution >= 0.6 is 0 Å². The van der Waals surface area contributed by atoms with Crippen LogP contribution in [0, 0.1) is 15.9 Å². The second-order valence-electron chi connectivity index (χ2n) is 5.98. The number of benzene rings is 3. The van der Waals surface area contributed by atoms with Crippen molar-refractivity contribution in [1.82, 2.24) is 0 Å². The number of hydrogen-bond acceptors (Lipinski definition) is 5. The van der Waals surface area contributed by atoms with Gasteiger partial charge in [0.2, 0.25) is 0 Å². The van der Waals surface area contributed by atoms with Crippen molar-refractivity contribution >= 4 is 5.97 Å². The van der Waals surface area contributed by atoms with Crippen LogP contribution in [0.5, 0.6) is 5.75 Å². The Bertz CT molecular complexity index is 991. The van der Waals surface area contributed by atoms with Crippen LogP contribution in [0.1, 0.15) is 11.1 Å². The highest BCUT2D eigenvalue weighted by molar-refractivity contribution is 5.75. The molecule has 0 aliphatic carbocycles. The van der Waals surface area contributed by atoms with E-state index in [4.69, 9.17) is 4.74 Å². The fourth-order valence-electron chi connectivity index (χ4n) is 2.68. The fraction of sp³-hybridized carbons (Fsp3) is 0.0952. The smallest absolute Gasteiger partial charge is 0.315 e. The largest absolute Gasteiger partial charge is 0.426 e. The first-order chi connectivity index (χ1) is 13.5. The average Bonchev–Trinajstić information content (AvgIpc) is 2.67. The first-order valence-corrected chi connectivity index (χ1v) is 8.42. The maximum absolute atomic E-state index is 14.4. The highest BCUT2D eigenvalue weighted by atomic mass is 19.1. The van der Waals surface area contributed by atoms with Gasteiger partial charge in [-0.05, 0) is 34.9 Å². The molecule has 28 heavy (non-hydrogen) atoms. The van der Waals surface area contributed by atoms with Crippen molar-refractivity contribution in [3.63, 3.8) is 0 Å². The van der Waals surface area contributed by atoms with Crippen molar-refractivity contribution in [3.05, 3.63) is 99.9 Å². The number of ether oxygens (including phenoxy) is 1. The zero-order valence-electron chi connectivity index (χ0n) is 14.7. The van der Waals surface area contributed by atoms with Crippen LogP contribution in [-0.4, -0.2) is 11.1 Å². The van der Waals surface area contributed by atoms with E-state index in [0.717, 1.165) is 5.56 Å². The van der Waals surface area contributed by atoms with E-state index in [1.807, 2.05) is 30.3 Å². The molecule has 142 valence electrons. The number of esters is 1.